The zero-order chi connectivity index (χ0) is 21.6. The van der Waals surface area contributed by atoms with Crippen molar-refractivity contribution in [2.45, 2.75) is 18.8 Å². The molecule has 1 unspecified atom stereocenters. The van der Waals surface area contributed by atoms with Gasteiger partial charge in [-0.2, -0.15) is 4.58 Å². The van der Waals surface area contributed by atoms with Crippen molar-refractivity contribution in [1.29, 1.82) is 0 Å². The van der Waals surface area contributed by atoms with E-state index in [1.54, 1.807) is 6.08 Å². The zero-order valence-corrected chi connectivity index (χ0v) is 18.3. The van der Waals surface area contributed by atoms with E-state index in [1.807, 2.05) is 18.0 Å². The standard InChI is InChI=1S/C28H27N2O/c1-28(18-20-9-5-4-6-10-20)26(17-22-14-15-23(31)19-29(22)2)30(3)25-16-13-21-11-7-8-12-24(21)27(25)28/h4-17H,18-19H2,1-3H3/q+1. The predicted molar refractivity (Wildman–Crippen MR) is 127 cm³/mol. The van der Waals surface area contributed by atoms with Crippen molar-refractivity contribution >= 4 is 28.0 Å². The monoisotopic (exact) mass is 407 g/mol. The molecule has 154 valence electrons. The highest BCUT2D eigenvalue weighted by Crippen LogP contribution is 2.46. The van der Waals surface area contributed by atoms with Crippen LogP contribution in [0.3, 0.4) is 0 Å². The maximum absolute atomic E-state index is 11.8. The highest BCUT2D eigenvalue weighted by Gasteiger charge is 2.48. The summed E-state index contributed by atoms with van der Waals surface area (Å²) in [4.78, 5) is 13.9. The first-order chi connectivity index (χ1) is 15.0. The van der Waals surface area contributed by atoms with Crippen LogP contribution in [0.1, 0.15) is 18.1 Å². The Morgan fingerprint density at radius 1 is 1.00 bits per heavy atom. The molecule has 31 heavy (non-hydrogen) atoms. The third kappa shape index (κ3) is 3.21. The minimum Gasteiger partial charge on any atom is -0.367 e. The molecule has 0 aliphatic carbocycles. The third-order valence-corrected chi connectivity index (χ3v) is 6.71. The van der Waals surface area contributed by atoms with Gasteiger partial charge < -0.3 is 4.90 Å². The van der Waals surface area contributed by atoms with Crippen molar-refractivity contribution in [1.82, 2.24) is 4.90 Å². The molecule has 0 aromatic heterocycles. The van der Waals surface area contributed by atoms with Crippen molar-refractivity contribution in [2.24, 2.45) is 0 Å². The summed E-state index contributed by atoms with van der Waals surface area (Å²) in [7, 11) is 4.15. The first-order valence-corrected chi connectivity index (χ1v) is 10.8. The van der Waals surface area contributed by atoms with Crippen LogP contribution in [0, 0.1) is 0 Å². The van der Waals surface area contributed by atoms with E-state index in [0.717, 1.165) is 12.1 Å². The number of benzene rings is 3. The fraction of sp³-hybridized carbons (Fsp3) is 0.214. The second-order valence-corrected chi connectivity index (χ2v) is 8.84. The van der Waals surface area contributed by atoms with E-state index in [0.29, 0.717) is 6.54 Å². The van der Waals surface area contributed by atoms with Crippen molar-refractivity contribution in [2.75, 3.05) is 20.6 Å². The molecule has 3 aromatic rings. The Labute approximate surface area is 183 Å². The number of carbonyl (C=O) groups is 1. The van der Waals surface area contributed by atoms with Crippen LogP contribution in [0.2, 0.25) is 0 Å². The summed E-state index contributed by atoms with van der Waals surface area (Å²) in [5.41, 5.74) is 6.07. The van der Waals surface area contributed by atoms with Crippen LogP contribution in [0.25, 0.3) is 10.8 Å². The quantitative estimate of drug-likeness (QED) is 0.569. The Kier molecular flexibility index (Phi) is 4.62. The second kappa shape index (κ2) is 7.35. The van der Waals surface area contributed by atoms with Crippen LogP contribution < -0.4 is 0 Å². The average molecular weight is 408 g/mol. The molecule has 3 heteroatoms. The molecule has 2 aliphatic heterocycles. The van der Waals surface area contributed by atoms with Gasteiger partial charge in [0.2, 0.25) is 5.69 Å². The number of allylic oxidation sites excluding steroid dienone is 2. The molecule has 0 radical (unpaired) electrons. The Morgan fingerprint density at radius 2 is 1.74 bits per heavy atom. The van der Waals surface area contributed by atoms with Crippen LogP contribution in [0.5, 0.6) is 0 Å². The Morgan fingerprint density at radius 3 is 2.52 bits per heavy atom. The maximum Gasteiger partial charge on any atom is 0.210 e. The summed E-state index contributed by atoms with van der Waals surface area (Å²) in [6.07, 6.45) is 6.81. The van der Waals surface area contributed by atoms with Crippen LogP contribution in [0.4, 0.5) is 5.69 Å². The van der Waals surface area contributed by atoms with E-state index in [-0.39, 0.29) is 11.2 Å². The summed E-state index contributed by atoms with van der Waals surface area (Å²) < 4.78 is 2.33. The molecule has 0 fully saturated rings. The van der Waals surface area contributed by atoms with Gasteiger partial charge in [-0.25, -0.2) is 0 Å². The van der Waals surface area contributed by atoms with Crippen LogP contribution >= 0.6 is 0 Å². The summed E-state index contributed by atoms with van der Waals surface area (Å²) in [6, 6.07) is 23.9. The number of hydrogen-bond donors (Lipinski definition) is 0. The Hall–Kier alpha value is -3.46. The van der Waals surface area contributed by atoms with Gasteiger partial charge in [-0.1, -0.05) is 54.6 Å². The van der Waals surface area contributed by atoms with Gasteiger partial charge in [0.1, 0.15) is 7.05 Å². The van der Waals surface area contributed by atoms with E-state index in [1.165, 1.54) is 33.3 Å². The smallest absolute Gasteiger partial charge is 0.210 e. The topological polar surface area (TPSA) is 23.3 Å². The van der Waals surface area contributed by atoms with Gasteiger partial charge in [0.25, 0.3) is 0 Å². The molecule has 0 spiro atoms. The zero-order valence-electron chi connectivity index (χ0n) is 18.3. The molecular weight excluding hydrogens is 380 g/mol. The van der Waals surface area contributed by atoms with Gasteiger partial charge >= 0.3 is 0 Å². The van der Waals surface area contributed by atoms with Gasteiger partial charge in [-0.15, -0.1) is 0 Å². The van der Waals surface area contributed by atoms with Crippen molar-refractivity contribution in [3.8, 4) is 0 Å². The minimum absolute atomic E-state index is 0.144. The molecular formula is C28H27N2O+. The third-order valence-electron chi connectivity index (χ3n) is 6.71. The fourth-order valence-electron chi connectivity index (χ4n) is 5.17. The van der Waals surface area contributed by atoms with Gasteiger partial charge in [0.15, 0.2) is 11.5 Å². The molecule has 3 nitrogen and oxygen atoms in total. The van der Waals surface area contributed by atoms with Crippen LogP contribution in [-0.2, 0) is 16.6 Å². The highest BCUT2D eigenvalue weighted by atomic mass is 16.1. The molecule has 0 saturated carbocycles. The largest absolute Gasteiger partial charge is 0.367 e. The molecule has 0 amide bonds. The predicted octanol–water partition coefficient (Wildman–Crippen LogP) is 5.02. The lowest BCUT2D eigenvalue weighted by Gasteiger charge is -2.26. The Bertz CT molecular complexity index is 1280. The maximum atomic E-state index is 11.8. The summed E-state index contributed by atoms with van der Waals surface area (Å²) in [6.45, 7) is 2.78. The average Bonchev–Trinajstić information content (AvgIpc) is 2.98. The molecule has 3 aromatic carbocycles. The van der Waals surface area contributed by atoms with E-state index in [2.05, 4.69) is 91.4 Å². The molecule has 2 aliphatic rings. The molecule has 0 saturated heterocycles. The normalized spacial score (nSPS) is 22.0. The number of likely N-dealkylation sites (N-methyl/N-ethyl adjacent to an activating group) is 1. The van der Waals surface area contributed by atoms with Gasteiger partial charge in [-0.05, 0) is 47.9 Å². The highest BCUT2D eigenvalue weighted by molar-refractivity contribution is 6.08. The molecule has 0 N–H and O–H groups in total. The first-order valence-electron chi connectivity index (χ1n) is 10.8. The van der Waals surface area contributed by atoms with Crippen LogP contribution in [0.15, 0.2) is 90.7 Å². The van der Waals surface area contributed by atoms with Crippen molar-refractivity contribution in [3.05, 3.63) is 102 Å². The van der Waals surface area contributed by atoms with E-state index in [4.69, 9.17) is 0 Å². The first kappa shape index (κ1) is 19.5. The van der Waals surface area contributed by atoms with Crippen molar-refractivity contribution in [3.63, 3.8) is 0 Å². The fourth-order valence-corrected chi connectivity index (χ4v) is 5.17. The van der Waals surface area contributed by atoms with E-state index in [9.17, 15) is 4.79 Å². The summed E-state index contributed by atoms with van der Waals surface area (Å²) >= 11 is 0. The van der Waals surface area contributed by atoms with Gasteiger partial charge in [0, 0.05) is 30.5 Å². The van der Waals surface area contributed by atoms with E-state index >= 15 is 0 Å². The van der Waals surface area contributed by atoms with E-state index < -0.39 is 0 Å². The lowest BCUT2D eigenvalue weighted by Crippen LogP contribution is -2.35. The lowest BCUT2D eigenvalue weighted by atomic mass is 9.73. The number of fused-ring (bicyclic) bond motifs is 3. The Balaban J connectivity index is 1.74. The molecule has 0 bridgehead atoms. The SMILES string of the molecule is CN1CC(=O)C=C/C1=C\C1=[N+](C)c2ccc3ccccc3c2C1(C)Cc1ccccc1. The molecule has 1 atom stereocenters. The summed E-state index contributed by atoms with van der Waals surface area (Å²) in [5.74, 6) is 0.144. The number of rotatable bonds is 3. The number of nitrogens with zero attached hydrogens (tertiary/aromatic N) is 2. The molecule has 2 heterocycles. The van der Waals surface area contributed by atoms with Gasteiger partial charge in [0.05, 0.1) is 12.0 Å². The number of hydrogen-bond acceptors (Lipinski definition) is 2. The summed E-state index contributed by atoms with van der Waals surface area (Å²) in [5, 5.41) is 2.57. The lowest BCUT2D eigenvalue weighted by molar-refractivity contribution is -0.401. The van der Waals surface area contributed by atoms with Crippen LogP contribution in [-0.4, -0.2) is 41.6 Å². The minimum atomic E-state index is -0.199. The number of carbonyl (C=O) groups excluding carboxylic acids is 1. The molecule has 5 rings (SSSR count). The number of ketones is 1. The van der Waals surface area contributed by atoms with Crippen molar-refractivity contribution < 1.29 is 9.37 Å². The van der Waals surface area contributed by atoms with Gasteiger partial charge in [-0.3, -0.25) is 4.79 Å². The second-order valence-electron chi connectivity index (χ2n) is 8.84.